The van der Waals surface area contributed by atoms with E-state index in [4.69, 9.17) is 5.73 Å². The number of rotatable bonds is 2. The summed E-state index contributed by atoms with van der Waals surface area (Å²) in [7, 11) is 0. The summed E-state index contributed by atoms with van der Waals surface area (Å²) < 4.78 is 0.586. The Kier molecular flexibility index (Phi) is 3.24. The summed E-state index contributed by atoms with van der Waals surface area (Å²) in [5.41, 5.74) is 5.52. The molecule has 2 rings (SSSR count). The standard InChI is InChI=1S/C9H7BrN6O/c10-6-3-13-8(4-12-6)14-9(17)5-1-2-7(11)16-15-5/h1-4H,(H2,11,16)(H,13,14,17). The fraction of sp³-hybridized carbons (Fsp3) is 0. The highest BCUT2D eigenvalue weighted by Gasteiger charge is 2.08. The van der Waals surface area contributed by atoms with Crippen LogP contribution in [0.15, 0.2) is 29.1 Å². The van der Waals surface area contributed by atoms with Crippen molar-refractivity contribution in [2.75, 3.05) is 11.1 Å². The summed E-state index contributed by atoms with van der Waals surface area (Å²) in [6.45, 7) is 0. The van der Waals surface area contributed by atoms with Crippen LogP contribution in [-0.4, -0.2) is 26.1 Å². The van der Waals surface area contributed by atoms with Gasteiger partial charge >= 0.3 is 0 Å². The van der Waals surface area contributed by atoms with Crippen LogP contribution >= 0.6 is 15.9 Å². The van der Waals surface area contributed by atoms with E-state index in [2.05, 4.69) is 41.4 Å². The third-order valence-electron chi connectivity index (χ3n) is 1.78. The van der Waals surface area contributed by atoms with Crippen molar-refractivity contribution >= 4 is 33.5 Å². The van der Waals surface area contributed by atoms with Gasteiger partial charge in [-0.3, -0.25) is 4.79 Å². The van der Waals surface area contributed by atoms with Crippen LogP contribution in [0.5, 0.6) is 0 Å². The minimum atomic E-state index is -0.422. The maximum Gasteiger partial charge on any atom is 0.277 e. The molecule has 0 aromatic carbocycles. The van der Waals surface area contributed by atoms with E-state index in [-0.39, 0.29) is 11.5 Å². The second kappa shape index (κ2) is 4.83. The quantitative estimate of drug-likeness (QED) is 0.851. The molecule has 2 aromatic heterocycles. The maximum absolute atomic E-state index is 11.7. The second-order valence-corrected chi connectivity index (χ2v) is 3.83. The molecule has 0 spiro atoms. The first-order valence-corrected chi connectivity index (χ1v) is 5.32. The van der Waals surface area contributed by atoms with Gasteiger partial charge in [-0.1, -0.05) is 0 Å². The van der Waals surface area contributed by atoms with Crippen molar-refractivity contribution in [2.45, 2.75) is 0 Å². The molecule has 0 aliphatic rings. The highest BCUT2D eigenvalue weighted by atomic mass is 79.9. The van der Waals surface area contributed by atoms with E-state index < -0.39 is 5.91 Å². The number of hydrogen-bond acceptors (Lipinski definition) is 6. The molecule has 0 atom stereocenters. The molecule has 2 heterocycles. The zero-order valence-electron chi connectivity index (χ0n) is 8.46. The highest BCUT2D eigenvalue weighted by Crippen LogP contribution is 2.07. The van der Waals surface area contributed by atoms with Crippen molar-refractivity contribution in [2.24, 2.45) is 0 Å². The first-order chi connectivity index (χ1) is 8.15. The fourth-order valence-electron chi connectivity index (χ4n) is 1.02. The first kappa shape index (κ1) is 11.4. The smallest absolute Gasteiger partial charge is 0.277 e. The van der Waals surface area contributed by atoms with Crippen molar-refractivity contribution < 1.29 is 4.79 Å². The number of hydrogen-bond donors (Lipinski definition) is 2. The number of nitrogens with one attached hydrogen (secondary N) is 1. The van der Waals surface area contributed by atoms with Gasteiger partial charge in [0.25, 0.3) is 5.91 Å². The molecule has 1 amide bonds. The average Bonchev–Trinajstić information content (AvgIpc) is 2.33. The minimum Gasteiger partial charge on any atom is -0.382 e. The topological polar surface area (TPSA) is 107 Å². The number of aromatic nitrogens is 4. The van der Waals surface area contributed by atoms with Gasteiger partial charge < -0.3 is 11.1 Å². The molecule has 0 unspecified atom stereocenters. The summed E-state index contributed by atoms with van der Waals surface area (Å²) >= 11 is 3.14. The van der Waals surface area contributed by atoms with Gasteiger partial charge in [0.1, 0.15) is 10.4 Å². The molecule has 0 fully saturated rings. The summed E-state index contributed by atoms with van der Waals surface area (Å²) in [5.74, 6) is 0.163. The van der Waals surface area contributed by atoms with Gasteiger partial charge in [0.2, 0.25) is 0 Å². The number of nitrogen functional groups attached to an aromatic ring is 1. The lowest BCUT2D eigenvalue weighted by Gasteiger charge is -2.02. The largest absolute Gasteiger partial charge is 0.382 e. The van der Waals surface area contributed by atoms with Gasteiger partial charge in [0.15, 0.2) is 11.5 Å². The molecular weight excluding hydrogens is 288 g/mol. The molecule has 3 N–H and O–H groups in total. The first-order valence-electron chi connectivity index (χ1n) is 4.53. The third kappa shape index (κ3) is 2.94. The monoisotopic (exact) mass is 294 g/mol. The number of carbonyl (C=O) groups is 1. The van der Waals surface area contributed by atoms with E-state index in [0.29, 0.717) is 10.4 Å². The average molecular weight is 295 g/mol. The van der Waals surface area contributed by atoms with E-state index in [1.165, 1.54) is 24.5 Å². The van der Waals surface area contributed by atoms with Crippen LogP contribution in [0.1, 0.15) is 10.5 Å². The van der Waals surface area contributed by atoms with Crippen LogP contribution in [0.4, 0.5) is 11.6 Å². The van der Waals surface area contributed by atoms with Gasteiger partial charge in [-0.15, -0.1) is 10.2 Å². The maximum atomic E-state index is 11.7. The summed E-state index contributed by atoms with van der Waals surface area (Å²) in [4.78, 5) is 19.5. The van der Waals surface area contributed by atoms with E-state index in [1.54, 1.807) is 0 Å². The lowest BCUT2D eigenvalue weighted by atomic mass is 10.3. The summed E-state index contributed by atoms with van der Waals surface area (Å²) in [6.07, 6.45) is 2.90. The molecule has 0 saturated carbocycles. The Morgan fingerprint density at radius 3 is 2.65 bits per heavy atom. The van der Waals surface area contributed by atoms with E-state index in [1.807, 2.05) is 0 Å². The highest BCUT2D eigenvalue weighted by molar-refractivity contribution is 9.10. The van der Waals surface area contributed by atoms with Gasteiger partial charge in [0.05, 0.1) is 12.4 Å². The predicted octanol–water partition coefficient (Wildman–Crippen LogP) is 0.864. The Bertz CT molecular complexity index is 526. The van der Waals surface area contributed by atoms with Gasteiger partial charge in [-0.2, -0.15) is 0 Å². The number of halogens is 1. The van der Waals surface area contributed by atoms with Crippen LogP contribution in [0.3, 0.4) is 0 Å². The fourth-order valence-corrected chi connectivity index (χ4v) is 1.23. The zero-order chi connectivity index (χ0) is 12.3. The van der Waals surface area contributed by atoms with Gasteiger partial charge in [-0.05, 0) is 28.1 Å². The third-order valence-corrected chi connectivity index (χ3v) is 2.19. The van der Waals surface area contributed by atoms with Crippen LogP contribution in [0.2, 0.25) is 0 Å². The minimum absolute atomic E-state index is 0.156. The van der Waals surface area contributed by atoms with Crippen molar-refractivity contribution in [3.63, 3.8) is 0 Å². The predicted molar refractivity (Wildman–Crippen MR) is 64.1 cm³/mol. The number of nitrogens with zero attached hydrogens (tertiary/aromatic N) is 4. The SMILES string of the molecule is Nc1ccc(C(=O)Nc2cnc(Br)cn2)nn1. The van der Waals surface area contributed by atoms with Gasteiger partial charge in [-0.25, -0.2) is 9.97 Å². The molecule has 0 aliphatic heterocycles. The molecule has 7 nitrogen and oxygen atoms in total. The van der Waals surface area contributed by atoms with Crippen LogP contribution in [-0.2, 0) is 0 Å². The molecule has 86 valence electrons. The molecule has 0 saturated heterocycles. The van der Waals surface area contributed by atoms with E-state index in [0.717, 1.165) is 0 Å². The summed E-state index contributed by atoms with van der Waals surface area (Å²) in [6, 6.07) is 2.97. The number of amides is 1. The molecule has 17 heavy (non-hydrogen) atoms. The molecule has 8 heteroatoms. The lowest BCUT2D eigenvalue weighted by molar-refractivity contribution is 0.102. The number of nitrogens with two attached hydrogens (primary N) is 1. The second-order valence-electron chi connectivity index (χ2n) is 3.02. The normalized spacial score (nSPS) is 9.94. The Morgan fingerprint density at radius 1 is 1.24 bits per heavy atom. The molecule has 2 aromatic rings. The molecule has 0 radical (unpaired) electrons. The number of anilines is 2. The van der Waals surface area contributed by atoms with Crippen molar-refractivity contribution in [3.05, 3.63) is 34.8 Å². The van der Waals surface area contributed by atoms with Crippen molar-refractivity contribution in [1.29, 1.82) is 0 Å². The van der Waals surface area contributed by atoms with Crippen LogP contribution in [0, 0.1) is 0 Å². The Labute approximate surface area is 105 Å². The van der Waals surface area contributed by atoms with Gasteiger partial charge in [0, 0.05) is 0 Å². The Balaban J connectivity index is 2.11. The zero-order valence-corrected chi connectivity index (χ0v) is 10.0. The molecule has 0 bridgehead atoms. The summed E-state index contributed by atoms with van der Waals surface area (Å²) in [5, 5.41) is 9.75. The Morgan fingerprint density at radius 2 is 2.06 bits per heavy atom. The molecular formula is C9H7BrN6O. The Hall–Kier alpha value is -2.09. The van der Waals surface area contributed by atoms with E-state index >= 15 is 0 Å². The lowest BCUT2D eigenvalue weighted by Crippen LogP contribution is -2.15. The molecule has 0 aliphatic carbocycles. The van der Waals surface area contributed by atoms with Crippen LogP contribution < -0.4 is 11.1 Å². The van der Waals surface area contributed by atoms with Crippen LogP contribution in [0.25, 0.3) is 0 Å². The van der Waals surface area contributed by atoms with Crippen molar-refractivity contribution in [3.8, 4) is 0 Å². The van der Waals surface area contributed by atoms with Crippen molar-refractivity contribution in [1.82, 2.24) is 20.2 Å². The van der Waals surface area contributed by atoms with E-state index in [9.17, 15) is 4.79 Å². The number of carbonyl (C=O) groups excluding carboxylic acids is 1.